The van der Waals surface area contributed by atoms with Crippen molar-refractivity contribution in [3.05, 3.63) is 28.2 Å². The number of nitrogens with one attached hydrogen (secondary N) is 1. The first-order valence-corrected chi connectivity index (χ1v) is 5.69. The van der Waals surface area contributed by atoms with E-state index in [0.29, 0.717) is 12.8 Å². The number of hydrazone groups is 1. The van der Waals surface area contributed by atoms with E-state index in [1.165, 1.54) is 0 Å². The normalized spacial score (nSPS) is 15.4. The van der Waals surface area contributed by atoms with E-state index in [0.717, 1.165) is 21.5 Å². The third-order valence-corrected chi connectivity index (χ3v) is 3.01. The molecule has 84 valence electrons. The second-order valence-electron chi connectivity index (χ2n) is 3.44. The van der Waals surface area contributed by atoms with Gasteiger partial charge in [0.15, 0.2) is 0 Å². The van der Waals surface area contributed by atoms with Gasteiger partial charge in [0.2, 0.25) is 5.91 Å². The Kier molecular flexibility index (Phi) is 3.24. The zero-order valence-corrected chi connectivity index (χ0v) is 10.4. The number of methoxy groups -OCH3 is 1. The molecule has 0 bridgehead atoms. The zero-order valence-electron chi connectivity index (χ0n) is 8.79. The van der Waals surface area contributed by atoms with E-state index >= 15 is 0 Å². The number of carbonyl (C=O) groups excluding carboxylic acids is 1. The summed E-state index contributed by atoms with van der Waals surface area (Å²) in [6.45, 7) is 0. The fourth-order valence-electron chi connectivity index (χ4n) is 1.53. The van der Waals surface area contributed by atoms with Crippen LogP contribution in [-0.2, 0) is 4.79 Å². The summed E-state index contributed by atoms with van der Waals surface area (Å²) in [6, 6.07) is 5.74. The van der Waals surface area contributed by atoms with Gasteiger partial charge in [0, 0.05) is 12.8 Å². The molecule has 0 radical (unpaired) electrons. The van der Waals surface area contributed by atoms with E-state index in [9.17, 15) is 4.79 Å². The maximum absolute atomic E-state index is 11.0. The fourth-order valence-corrected chi connectivity index (χ4v) is 2.07. The molecule has 0 fully saturated rings. The second-order valence-corrected chi connectivity index (χ2v) is 4.30. The summed E-state index contributed by atoms with van der Waals surface area (Å²) < 4.78 is 6.03. The summed E-state index contributed by atoms with van der Waals surface area (Å²) in [5.74, 6) is 0.750. The molecule has 0 saturated heterocycles. The monoisotopic (exact) mass is 282 g/mol. The summed E-state index contributed by atoms with van der Waals surface area (Å²) in [5.41, 5.74) is 4.37. The summed E-state index contributed by atoms with van der Waals surface area (Å²) in [5, 5.41) is 4.03. The average Bonchev–Trinajstić information content (AvgIpc) is 2.30. The molecule has 0 unspecified atom stereocenters. The van der Waals surface area contributed by atoms with E-state index in [1.54, 1.807) is 7.11 Å². The van der Waals surface area contributed by atoms with Crippen LogP contribution in [0.25, 0.3) is 0 Å². The largest absolute Gasteiger partial charge is 0.496 e. The topological polar surface area (TPSA) is 50.7 Å². The van der Waals surface area contributed by atoms with Gasteiger partial charge in [0.25, 0.3) is 0 Å². The number of hydrogen-bond donors (Lipinski definition) is 1. The van der Waals surface area contributed by atoms with Crippen LogP contribution in [0.2, 0.25) is 0 Å². The number of nitrogens with zero attached hydrogens (tertiary/aromatic N) is 1. The number of rotatable bonds is 2. The van der Waals surface area contributed by atoms with Gasteiger partial charge in [-0.3, -0.25) is 4.79 Å². The van der Waals surface area contributed by atoms with Gasteiger partial charge < -0.3 is 4.74 Å². The highest BCUT2D eigenvalue weighted by Gasteiger charge is 2.14. The van der Waals surface area contributed by atoms with Gasteiger partial charge in [0.1, 0.15) is 5.75 Å². The number of halogens is 1. The standard InChI is InChI=1S/C11H11BrN2O2/c1-16-10-4-2-7(6-8(10)12)9-3-5-11(15)14-13-9/h2,4,6H,3,5H2,1H3,(H,14,15). The Hall–Kier alpha value is -1.36. The van der Waals surface area contributed by atoms with Crippen molar-refractivity contribution in [1.29, 1.82) is 0 Å². The Morgan fingerprint density at radius 3 is 2.81 bits per heavy atom. The molecule has 1 aromatic carbocycles. The molecular weight excluding hydrogens is 272 g/mol. The molecule has 4 nitrogen and oxygen atoms in total. The Labute approximate surface area is 102 Å². The minimum Gasteiger partial charge on any atom is -0.496 e. The Balaban J connectivity index is 2.28. The Morgan fingerprint density at radius 1 is 1.44 bits per heavy atom. The lowest BCUT2D eigenvalue weighted by Crippen LogP contribution is -2.25. The predicted molar refractivity (Wildman–Crippen MR) is 64.6 cm³/mol. The van der Waals surface area contributed by atoms with Crippen LogP contribution in [0.4, 0.5) is 0 Å². The van der Waals surface area contributed by atoms with Crippen LogP contribution >= 0.6 is 15.9 Å². The zero-order chi connectivity index (χ0) is 11.5. The van der Waals surface area contributed by atoms with E-state index in [-0.39, 0.29) is 5.91 Å². The molecule has 1 N–H and O–H groups in total. The minimum absolute atomic E-state index is 0.0312. The predicted octanol–water partition coefficient (Wildman–Crippen LogP) is 2.07. The van der Waals surface area contributed by atoms with Crippen LogP contribution in [0.3, 0.4) is 0 Å². The minimum atomic E-state index is -0.0312. The van der Waals surface area contributed by atoms with E-state index in [1.807, 2.05) is 18.2 Å². The van der Waals surface area contributed by atoms with Gasteiger partial charge in [-0.1, -0.05) is 0 Å². The fraction of sp³-hybridized carbons (Fsp3) is 0.273. The lowest BCUT2D eigenvalue weighted by Gasteiger charge is -2.13. The SMILES string of the molecule is COc1ccc(C2=NNC(=O)CC2)cc1Br. The molecule has 2 rings (SSSR count). The summed E-state index contributed by atoms with van der Waals surface area (Å²) in [4.78, 5) is 11.0. The molecule has 0 atom stereocenters. The molecule has 0 aliphatic carbocycles. The molecule has 1 aliphatic heterocycles. The molecule has 1 aliphatic rings. The first-order valence-electron chi connectivity index (χ1n) is 4.90. The highest BCUT2D eigenvalue weighted by molar-refractivity contribution is 9.10. The van der Waals surface area contributed by atoms with Crippen molar-refractivity contribution in [2.75, 3.05) is 7.11 Å². The van der Waals surface area contributed by atoms with Crippen molar-refractivity contribution in [2.24, 2.45) is 5.10 Å². The first kappa shape index (κ1) is 11.1. The number of benzene rings is 1. The van der Waals surface area contributed by atoms with Crippen molar-refractivity contribution in [1.82, 2.24) is 5.43 Å². The van der Waals surface area contributed by atoms with Gasteiger partial charge in [0.05, 0.1) is 17.3 Å². The van der Waals surface area contributed by atoms with Crippen molar-refractivity contribution >= 4 is 27.5 Å². The number of ether oxygens (including phenoxy) is 1. The van der Waals surface area contributed by atoms with Crippen LogP contribution in [0.1, 0.15) is 18.4 Å². The van der Waals surface area contributed by atoms with Crippen molar-refractivity contribution < 1.29 is 9.53 Å². The lowest BCUT2D eigenvalue weighted by atomic mass is 10.0. The van der Waals surface area contributed by atoms with Gasteiger partial charge in [-0.2, -0.15) is 5.10 Å². The summed E-state index contributed by atoms with van der Waals surface area (Å²) in [6.07, 6.45) is 1.16. The first-order chi connectivity index (χ1) is 7.70. The molecule has 1 heterocycles. The highest BCUT2D eigenvalue weighted by atomic mass is 79.9. The van der Waals surface area contributed by atoms with Crippen LogP contribution in [-0.4, -0.2) is 18.7 Å². The van der Waals surface area contributed by atoms with Gasteiger partial charge in [-0.15, -0.1) is 0 Å². The summed E-state index contributed by atoms with van der Waals surface area (Å²) >= 11 is 3.42. The molecule has 0 saturated carbocycles. The maximum Gasteiger partial charge on any atom is 0.240 e. The molecule has 0 aromatic heterocycles. The van der Waals surface area contributed by atoms with E-state index < -0.39 is 0 Å². The Bertz CT molecular complexity index is 457. The van der Waals surface area contributed by atoms with E-state index in [2.05, 4.69) is 26.5 Å². The third-order valence-electron chi connectivity index (χ3n) is 2.39. The van der Waals surface area contributed by atoms with Crippen LogP contribution in [0, 0.1) is 0 Å². The second kappa shape index (κ2) is 4.65. The molecule has 0 spiro atoms. The van der Waals surface area contributed by atoms with Crippen LogP contribution < -0.4 is 10.2 Å². The molecular formula is C11H11BrN2O2. The van der Waals surface area contributed by atoms with Gasteiger partial charge in [-0.05, 0) is 39.7 Å². The summed E-state index contributed by atoms with van der Waals surface area (Å²) in [7, 11) is 1.62. The van der Waals surface area contributed by atoms with Crippen molar-refractivity contribution in [2.45, 2.75) is 12.8 Å². The van der Waals surface area contributed by atoms with E-state index in [4.69, 9.17) is 4.74 Å². The van der Waals surface area contributed by atoms with Crippen LogP contribution in [0.15, 0.2) is 27.8 Å². The number of carbonyl (C=O) groups is 1. The Morgan fingerprint density at radius 2 is 2.25 bits per heavy atom. The third kappa shape index (κ3) is 2.24. The molecule has 1 amide bonds. The van der Waals surface area contributed by atoms with Crippen molar-refractivity contribution in [3.63, 3.8) is 0 Å². The molecule has 5 heteroatoms. The number of amides is 1. The highest BCUT2D eigenvalue weighted by Crippen LogP contribution is 2.26. The van der Waals surface area contributed by atoms with Gasteiger partial charge >= 0.3 is 0 Å². The average molecular weight is 283 g/mol. The maximum atomic E-state index is 11.0. The smallest absolute Gasteiger partial charge is 0.240 e. The van der Waals surface area contributed by atoms with Crippen molar-refractivity contribution in [3.8, 4) is 5.75 Å². The van der Waals surface area contributed by atoms with Gasteiger partial charge in [-0.25, -0.2) is 5.43 Å². The van der Waals surface area contributed by atoms with Crippen LogP contribution in [0.5, 0.6) is 5.75 Å². The quantitative estimate of drug-likeness (QED) is 0.903. The number of hydrogen-bond acceptors (Lipinski definition) is 3. The molecule has 16 heavy (non-hydrogen) atoms. The lowest BCUT2D eigenvalue weighted by molar-refractivity contribution is -0.121. The molecule has 1 aromatic rings.